The van der Waals surface area contributed by atoms with Crippen molar-refractivity contribution in [2.45, 2.75) is 26.3 Å². The molecule has 1 aliphatic rings. The van der Waals surface area contributed by atoms with Gasteiger partial charge in [0.15, 0.2) is 17.3 Å². The maximum Gasteiger partial charge on any atom is 0.246 e. The van der Waals surface area contributed by atoms with Crippen molar-refractivity contribution in [3.8, 4) is 17.2 Å². The number of carbonyl (C=O) groups excluding carboxylic acids is 2. The van der Waals surface area contributed by atoms with Crippen LogP contribution in [0.5, 0.6) is 17.2 Å². The van der Waals surface area contributed by atoms with Gasteiger partial charge in [0, 0.05) is 38.6 Å². The average Bonchev–Trinajstić information content (AvgIpc) is 3.38. The van der Waals surface area contributed by atoms with E-state index in [9.17, 15) is 9.59 Å². The summed E-state index contributed by atoms with van der Waals surface area (Å²) >= 11 is 0. The third kappa shape index (κ3) is 4.17. The number of rotatable bonds is 8. The Labute approximate surface area is 174 Å². The maximum atomic E-state index is 12.9. The van der Waals surface area contributed by atoms with E-state index in [2.05, 4.69) is 10.1 Å². The molecule has 1 unspecified atom stereocenters. The van der Waals surface area contributed by atoms with Crippen molar-refractivity contribution in [3.05, 3.63) is 23.8 Å². The highest BCUT2D eigenvalue weighted by Gasteiger charge is 2.37. The minimum absolute atomic E-state index is 0.115. The van der Waals surface area contributed by atoms with E-state index in [0.717, 1.165) is 0 Å². The number of hydrogen-bond donors (Lipinski definition) is 0. The van der Waals surface area contributed by atoms with Crippen molar-refractivity contribution in [2.75, 3.05) is 39.8 Å². The Morgan fingerprint density at radius 3 is 2.43 bits per heavy atom. The Balaban J connectivity index is 1.75. The first-order chi connectivity index (χ1) is 14.4. The molecule has 0 saturated carbocycles. The number of benzene rings is 1. The molecule has 3 rings (SSSR count). The van der Waals surface area contributed by atoms with Crippen molar-refractivity contribution in [2.24, 2.45) is 5.92 Å². The molecule has 1 aromatic heterocycles. The van der Waals surface area contributed by atoms with Gasteiger partial charge in [0.25, 0.3) is 0 Å². The molecule has 1 saturated heterocycles. The lowest BCUT2D eigenvalue weighted by atomic mass is 10.1. The van der Waals surface area contributed by atoms with Crippen molar-refractivity contribution in [3.63, 3.8) is 0 Å². The number of methoxy groups -OCH3 is 3. The molecule has 162 valence electrons. The summed E-state index contributed by atoms with van der Waals surface area (Å²) in [6.45, 7) is 2.37. The average molecular weight is 418 g/mol. The lowest BCUT2D eigenvalue weighted by molar-refractivity contribution is -0.135. The zero-order valence-electron chi connectivity index (χ0n) is 17.8. The van der Waals surface area contributed by atoms with Crippen molar-refractivity contribution in [1.82, 2.24) is 15.0 Å². The predicted molar refractivity (Wildman–Crippen MR) is 107 cm³/mol. The zero-order valence-corrected chi connectivity index (χ0v) is 17.8. The molecule has 0 spiro atoms. The largest absolute Gasteiger partial charge is 0.493 e. The van der Waals surface area contributed by atoms with Gasteiger partial charge in [0.05, 0.1) is 39.5 Å². The first kappa shape index (κ1) is 21.4. The molecule has 0 radical (unpaired) electrons. The maximum absolute atomic E-state index is 12.9. The molecule has 10 nitrogen and oxygen atoms in total. The second kappa shape index (κ2) is 9.02. The van der Waals surface area contributed by atoms with Gasteiger partial charge in [-0.2, -0.15) is 4.98 Å². The number of nitrogens with zero attached hydrogens (tertiary/aromatic N) is 4. The van der Waals surface area contributed by atoms with Crippen LogP contribution in [-0.4, -0.2) is 61.8 Å². The monoisotopic (exact) mass is 418 g/mol. The number of ether oxygens (including phenoxy) is 3. The second-order valence-electron chi connectivity index (χ2n) is 6.94. The SMILES string of the molecule is CCc1noc(CN(C)C(=O)C2CC(=O)N(c3cc(OC)c(OC)c(OC)c3)C2)n1. The van der Waals surface area contributed by atoms with Crippen LogP contribution in [0.2, 0.25) is 0 Å². The topological polar surface area (TPSA) is 107 Å². The summed E-state index contributed by atoms with van der Waals surface area (Å²) in [6, 6.07) is 3.39. The van der Waals surface area contributed by atoms with Crippen LogP contribution in [0, 0.1) is 5.92 Å². The van der Waals surface area contributed by atoms with E-state index in [1.54, 1.807) is 24.1 Å². The molecular weight excluding hydrogens is 392 g/mol. The molecule has 30 heavy (non-hydrogen) atoms. The molecule has 0 bridgehead atoms. The minimum atomic E-state index is -0.477. The van der Waals surface area contributed by atoms with E-state index in [1.807, 2.05) is 6.92 Å². The van der Waals surface area contributed by atoms with Gasteiger partial charge in [0.2, 0.25) is 23.5 Å². The molecule has 1 fully saturated rings. The summed E-state index contributed by atoms with van der Waals surface area (Å²) < 4.78 is 21.2. The molecule has 0 aliphatic carbocycles. The van der Waals surface area contributed by atoms with Crippen LogP contribution >= 0.6 is 0 Å². The van der Waals surface area contributed by atoms with Crippen LogP contribution in [0.3, 0.4) is 0 Å². The van der Waals surface area contributed by atoms with Crippen molar-refractivity contribution in [1.29, 1.82) is 0 Å². The number of carbonyl (C=O) groups is 2. The summed E-state index contributed by atoms with van der Waals surface area (Å²) in [5.74, 6) is 1.49. The highest BCUT2D eigenvalue weighted by molar-refractivity contribution is 6.00. The lowest BCUT2D eigenvalue weighted by Gasteiger charge is -2.22. The quantitative estimate of drug-likeness (QED) is 0.637. The van der Waals surface area contributed by atoms with Gasteiger partial charge in [-0.25, -0.2) is 0 Å². The Morgan fingerprint density at radius 2 is 1.90 bits per heavy atom. The van der Waals surface area contributed by atoms with Crippen LogP contribution in [0.4, 0.5) is 5.69 Å². The highest BCUT2D eigenvalue weighted by atomic mass is 16.5. The molecule has 2 heterocycles. The van der Waals surface area contributed by atoms with Gasteiger partial charge >= 0.3 is 0 Å². The molecule has 10 heteroatoms. The zero-order chi connectivity index (χ0) is 21.8. The summed E-state index contributed by atoms with van der Waals surface area (Å²) in [5, 5.41) is 3.83. The molecule has 0 N–H and O–H groups in total. The van der Waals surface area contributed by atoms with E-state index < -0.39 is 5.92 Å². The number of hydrogen-bond acceptors (Lipinski definition) is 8. The number of aryl methyl sites for hydroxylation is 1. The molecule has 1 aromatic carbocycles. The van der Waals surface area contributed by atoms with Crippen LogP contribution in [0.25, 0.3) is 0 Å². The Morgan fingerprint density at radius 1 is 1.23 bits per heavy atom. The molecular formula is C20H26N4O6. The normalized spacial score (nSPS) is 16.0. The van der Waals surface area contributed by atoms with Crippen LogP contribution < -0.4 is 19.1 Å². The van der Waals surface area contributed by atoms with E-state index in [-0.39, 0.29) is 31.3 Å². The minimum Gasteiger partial charge on any atom is -0.493 e. The van der Waals surface area contributed by atoms with E-state index >= 15 is 0 Å². The van der Waals surface area contributed by atoms with Gasteiger partial charge in [-0.3, -0.25) is 9.59 Å². The van der Waals surface area contributed by atoms with Crippen molar-refractivity contribution < 1.29 is 28.3 Å². The smallest absolute Gasteiger partial charge is 0.246 e. The van der Waals surface area contributed by atoms with Gasteiger partial charge in [0.1, 0.15) is 0 Å². The Kier molecular flexibility index (Phi) is 6.43. The Bertz CT molecular complexity index is 903. The summed E-state index contributed by atoms with van der Waals surface area (Å²) in [7, 11) is 6.19. The summed E-state index contributed by atoms with van der Waals surface area (Å²) in [5.41, 5.74) is 0.581. The summed E-state index contributed by atoms with van der Waals surface area (Å²) in [6.07, 6.45) is 0.770. The molecule has 2 aromatic rings. The van der Waals surface area contributed by atoms with Gasteiger partial charge < -0.3 is 28.5 Å². The third-order valence-corrected chi connectivity index (χ3v) is 5.01. The fraction of sp³-hybridized carbons (Fsp3) is 0.500. The van der Waals surface area contributed by atoms with Crippen LogP contribution in [-0.2, 0) is 22.6 Å². The van der Waals surface area contributed by atoms with Crippen LogP contribution in [0.15, 0.2) is 16.7 Å². The first-order valence-electron chi connectivity index (χ1n) is 9.58. The lowest BCUT2D eigenvalue weighted by Crippen LogP contribution is -2.34. The summed E-state index contributed by atoms with van der Waals surface area (Å²) in [4.78, 5) is 32.8. The fourth-order valence-electron chi connectivity index (χ4n) is 3.44. The van der Waals surface area contributed by atoms with E-state index in [1.165, 1.54) is 26.2 Å². The van der Waals surface area contributed by atoms with E-state index in [0.29, 0.717) is 41.1 Å². The van der Waals surface area contributed by atoms with E-state index in [4.69, 9.17) is 18.7 Å². The Hall–Kier alpha value is -3.30. The number of anilines is 1. The molecule has 2 amide bonds. The highest BCUT2D eigenvalue weighted by Crippen LogP contribution is 2.42. The standard InChI is InChI=1S/C20H26N4O6/c1-6-16-21-17(30-22-16)11-23(2)20(26)12-7-18(25)24(10-12)13-8-14(27-3)19(29-5)15(9-13)28-4/h8-9,12H,6-7,10-11H2,1-5H3. The third-order valence-electron chi connectivity index (χ3n) is 5.01. The van der Waals surface area contributed by atoms with Crippen LogP contribution in [0.1, 0.15) is 25.1 Å². The first-order valence-corrected chi connectivity index (χ1v) is 9.58. The number of aromatic nitrogens is 2. The van der Waals surface area contributed by atoms with Gasteiger partial charge in [-0.15, -0.1) is 0 Å². The fourth-order valence-corrected chi connectivity index (χ4v) is 3.44. The van der Waals surface area contributed by atoms with Gasteiger partial charge in [-0.05, 0) is 0 Å². The molecule has 1 aliphatic heterocycles. The van der Waals surface area contributed by atoms with Crippen molar-refractivity contribution >= 4 is 17.5 Å². The molecule has 1 atom stereocenters. The van der Waals surface area contributed by atoms with Gasteiger partial charge in [-0.1, -0.05) is 12.1 Å². The predicted octanol–water partition coefficient (Wildman–Crippen LogP) is 1.67. The number of amides is 2. The second-order valence-corrected chi connectivity index (χ2v) is 6.94.